The van der Waals surface area contributed by atoms with Crippen LogP contribution in [0, 0.1) is 10.1 Å². The standard InChI is InChI=1S/C24H15BrClN3O6/c1-35-19-9-2-12(25)10-18(19)20-21(24(32)27(20)14-5-3-13(26)4-6-14)28-22(30)16-8-7-15(29(33)34)11-17(16)23(28)31/h2-11,20-21H,1H3/t20-,21-/m0/s1. The lowest BCUT2D eigenvalue weighted by Gasteiger charge is -2.50. The number of nitro groups is 1. The molecule has 0 unspecified atom stereocenters. The number of β-lactam (4-membered cyclic amide) rings is 1. The molecule has 2 heterocycles. The molecule has 0 radical (unpaired) electrons. The Balaban J connectivity index is 1.62. The van der Waals surface area contributed by atoms with E-state index in [9.17, 15) is 24.5 Å². The van der Waals surface area contributed by atoms with E-state index in [0.29, 0.717) is 26.5 Å². The molecule has 0 aliphatic carbocycles. The average molecular weight is 557 g/mol. The predicted octanol–water partition coefficient (Wildman–Crippen LogP) is 4.77. The first-order valence-corrected chi connectivity index (χ1v) is 11.5. The fourth-order valence-corrected chi connectivity index (χ4v) is 4.98. The highest BCUT2D eigenvalue weighted by molar-refractivity contribution is 9.10. The number of fused-ring (bicyclic) bond motifs is 1. The summed E-state index contributed by atoms with van der Waals surface area (Å²) in [7, 11) is 1.48. The van der Waals surface area contributed by atoms with Gasteiger partial charge in [-0.25, -0.2) is 0 Å². The van der Waals surface area contributed by atoms with Crippen LogP contribution in [0.15, 0.2) is 65.1 Å². The summed E-state index contributed by atoms with van der Waals surface area (Å²) in [6.07, 6.45) is 0. The van der Waals surface area contributed by atoms with Gasteiger partial charge in [0, 0.05) is 32.9 Å². The molecule has 2 aliphatic heterocycles. The second-order valence-electron chi connectivity index (χ2n) is 7.93. The Kier molecular flexibility index (Phi) is 5.57. The van der Waals surface area contributed by atoms with Crippen LogP contribution < -0.4 is 9.64 Å². The van der Waals surface area contributed by atoms with Crippen molar-refractivity contribution < 1.29 is 24.0 Å². The molecule has 11 heteroatoms. The van der Waals surface area contributed by atoms with Gasteiger partial charge in [0.15, 0.2) is 0 Å². The van der Waals surface area contributed by atoms with Crippen molar-refractivity contribution in [2.45, 2.75) is 12.1 Å². The zero-order valence-corrected chi connectivity index (χ0v) is 20.3. The van der Waals surface area contributed by atoms with Gasteiger partial charge in [-0.05, 0) is 48.5 Å². The van der Waals surface area contributed by atoms with Crippen LogP contribution >= 0.6 is 27.5 Å². The van der Waals surface area contributed by atoms with E-state index in [-0.39, 0.29) is 16.8 Å². The molecular weight excluding hydrogens is 542 g/mol. The van der Waals surface area contributed by atoms with Crippen molar-refractivity contribution in [1.29, 1.82) is 0 Å². The fraction of sp³-hybridized carbons (Fsp3) is 0.125. The summed E-state index contributed by atoms with van der Waals surface area (Å²) in [6, 6.07) is 13.3. The summed E-state index contributed by atoms with van der Waals surface area (Å²) in [5.74, 6) is -1.47. The van der Waals surface area contributed by atoms with Gasteiger partial charge in [0.25, 0.3) is 23.4 Å². The van der Waals surface area contributed by atoms with Gasteiger partial charge in [-0.2, -0.15) is 0 Å². The number of amides is 3. The Bertz CT molecular complexity index is 1430. The molecule has 2 atom stereocenters. The van der Waals surface area contributed by atoms with E-state index >= 15 is 0 Å². The summed E-state index contributed by atoms with van der Waals surface area (Å²) in [4.78, 5) is 53.0. The normalized spacial score (nSPS) is 19.0. The third-order valence-corrected chi connectivity index (χ3v) is 6.82. The number of carbonyl (C=O) groups excluding carboxylic acids is 3. The Morgan fingerprint density at radius 1 is 0.914 bits per heavy atom. The Hall–Kier alpha value is -3.76. The Morgan fingerprint density at radius 3 is 2.26 bits per heavy atom. The zero-order valence-electron chi connectivity index (χ0n) is 18.0. The molecule has 0 aromatic heterocycles. The zero-order chi connectivity index (χ0) is 25.0. The van der Waals surface area contributed by atoms with Crippen molar-refractivity contribution in [2.24, 2.45) is 0 Å². The number of hydrogen-bond donors (Lipinski definition) is 0. The maximum absolute atomic E-state index is 13.5. The first-order valence-electron chi connectivity index (χ1n) is 10.3. The maximum atomic E-state index is 13.5. The van der Waals surface area contributed by atoms with Crippen LogP contribution in [0.5, 0.6) is 5.75 Å². The molecule has 0 spiro atoms. The molecule has 0 N–H and O–H groups in total. The quantitative estimate of drug-likeness (QED) is 0.194. The lowest BCUT2D eigenvalue weighted by atomic mass is 9.85. The van der Waals surface area contributed by atoms with Crippen molar-refractivity contribution in [1.82, 2.24) is 4.90 Å². The third kappa shape index (κ3) is 3.57. The van der Waals surface area contributed by atoms with Crippen LogP contribution in [0.25, 0.3) is 0 Å². The second kappa shape index (κ2) is 8.47. The van der Waals surface area contributed by atoms with E-state index < -0.39 is 34.7 Å². The van der Waals surface area contributed by atoms with Gasteiger partial charge in [0.2, 0.25) is 0 Å². The smallest absolute Gasteiger partial charge is 0.270 e. The third-order valence-electron chi connectivity index (χ3n) is 6.07. The number of methoxy groups -OCH3 is 1. The number of ether oxygens (including phenoxy) is 1. The van der Waals surface area contributed by atoms with E-state index in [4.69, 9.17) is 16.3 Å². The molecule has 3 aromatic rings. The highest BCUT2D eigenvalue weighted by Crippen LogP contribution is 2.47. The fourth-order valence-electron chi connectivity index (χ4n) is 4.47. The van der Waals surface area contributed by atoms with E-state index in [1.54, 1.807) is 42.5 Å². The Morgan fingerprint density at radius 2 is 1.60 bits per heavy atom. The number of imide groups is 1. The number of non-ortho nitro benzene ring substituents is 1. The molecule has 176 valence electrons. The van der Waals surface area contributed by atoms with Gasteiger partial charge in [-0.3, -0.25) is 29.4 Å². The highest BCUT2D eigenvalue weighted by Gasteiger charge is 2.58. The van der Waals surface area contributed by atoms with E-state index in [2.05, 4.69) is 15.9 Å². The van der Waals surface area contributed by atoms with Crippen molar-refractivity contribution in [3.05, 3.63) is 97.0 Å². The second-order valence-corrected chi connectivity index (χ2v) is 9.28. The van der Waals surface area contributed by atoms with Gasteiger partial charge in [0.1, 0.15) is 11.8 Å². The Labute approximate surface area is 212 Å². The number of carbonyl (C=O) groups is 3. The molecular formula is C24H15BrClN3O6. The number of halogens is 2. The lowest BCUT2D eigenvalue weighted by molar-refractivity contribution is -0.384. The first-order chi connectivity index (χ1) is 16.7. The summed E-state index contributed by atoms with van der Waals surface area (Å²) in [5.41, 5.74) is 0.679. The minimum absolute atomic E-state index is 0.0123. The summed E-state index contributed by atoms with van der Waals surface area (Å²) >= 11 is 9.45. The van der Waals surface area contributed by atoms with Crippen LogP contribution in [0.1, 0.15) is 32.3 Å². The van der Waals surface area contributed by atoms with Crippen LogP contribution in [0.4, 0.5) is 11.4 Å². The van der Waals surface area contributed by atoms with E-state index in [1.165, 1.54) is 18.1 Å². The molecule has 35 heavy (non-hydrogen) atoms. The monoisotopic (exact) mass is 555 g/mol. The van der Waals surface area contributed by atoms with Gasteiger partial charge in [-0.15, -0.1) is 0 Å². The van der Waals surface area contributed by atoms with Crippen molar-refractivity contribution in [2.75, 3.05) is 12.0 Å². The van der Waals surface area contributed by atoms with Gasteiger partial charge >= 0.3 is 0 Å². The van der Waals surface area contributed by atoms with Crippen LogP contribution in [0.2, 0.25) is 5.02 Å². The molecule has 3 aromatic carbocycles. The van der Waals surface area contributed by atoms with Crippen molar-refractivity contribution >= 4 is 56.6 Å². The largest absolute Gasteiger partial charge is 0.496 e. The number of nitro benzene ring substituents is 1. The maximum Gasteiger partial charge on any atom is 0.270 e. The predicted molar refractivity (Wildman–Crippen MR) is 130 cm³/mol. The van der Waals surface area contributed by atoms with E-state index in [1.807, 2.05) is 0 Å². The summed E-state index contributed by atoms with van der Waals surface area (Å²) in [5, 5.41) is 11.7. The van der Waals surface area contributed by atoms with Crippen molar-refractivity contribution in [3.63, 3.8) is 0 Å². The van der Waals surface area contributed by atoms with E-state index in [0.717, 1.165) is 17.0 Å². The van der Waals surface area contributed by atoms with Gasteiger partial charge in [0.05, 0.1) is 29.2 Å². The molecule has 2 aliphatic rings. The molecule has 0 saturated carbocycles. The van der Waals surface area contributed by atoms with Crippen molar-refractivity contribution in [3.8, 4) is 5.75 Å². The minimum Gasteiger partial charge on any atom is -0.496 e. The molecule has 1 fully saturated rings. The van der Waals surface area contributed by atoms with Gasteiger partial charge in [-0.1, -0.05) is 27.5 Å². The minimum atomic E-state index is -1.18. The number of hydrogen-bond acceptors (Lipinski definition) is 6. The van der Waals surface area contributed by atoms with Crippen LogP contribution in [-0.4, -0.2) is 40.7 Å². The number of rotatable bonds is 5. The van der Waals surface area contributed by atoms with Crippen LogP contribution in [-0.2, 0) is 4.79 Å². The number of nitrogens with zero attached hydrogens (tertiary/aromatic N) is 3. The molecule has 1 saturated heterocycles. The number of benzene rings is 3. The number of anilines is 1. The molecule has 9 nitrogen and oxygen atoms in total. The first kappa shape index (κ1) is 23.0. The lowest BCUT2D eigenvalue weighted by Crippen LogP contribution is -2.67. The molecule has 3 amide bonds. The average Bonchev–Trinajstić information content (AvgIpc) is 3.08. The summed E-state index contributed by atoms with van der Waals surface area (Å²) < 4.78 is 6.23. The van der Waals surface area contributed by atoms with Crippen LogP contribution in [0.3, 0.4) is 0 Å². The summed E-state index contributed by atoms with van der Waals surface area (Å²) in [6.45, 7) is 0. The highest BCUT2D eigenvalue weighted by atomic mass is 79.9. The molecule has 0 bridgehead atoms. The topological polar surface area (TPSA) is 110 Å². The SMILES string of the molecule is COc1ccc(Br)cc1[C@H]1[C@H](N2C(=O)c3ccc([N+](=O)[O-])cc3C2=O)C(=O)N1c1ccc(Cl)cc1. The molecule has 5 rings (SSSR count). The van der Waals surface area contributed by atoms with Gasteiger partial charge < -0.3 is 9.64 Å².